The number of hydrogen-bond acceptors (Lipinski definition) is 5. The molecule has 2 saturated heterocycles. The van der Waals surface area contributed by atoms with Crippen LogP contribution in [-0.2, 0) is 19.6 Å². The van der Waals surface area contributed by atoms with Gasteiger partial charge in [-0.15, -0.1) is 0 Å². The van der Waals surface area contributed by atoms with Gasteiger partial charge in [0, 0.05) is 19.0 Å². The van der Waals surface area contributed by atoms with E-state index in [1.54, 1.807) is 0 Å². The largest absolute Gasteiger partial charge is 0.494 e. The minimum atomic E-state index is -0.814. The smallest absolute Gasteiger partial charge is 0.399 e. The first-order chi connectivity index (χ1) is 16.4. The summed E-state index contributed by atoms with van der Waals surface area (Å²) < 4.78 is 19.1. The summed E-state index contributed by atoms with van der Waals surface area (Å²) in [4.78, 5) is 2.41. The fourth-order valence-electron chi connectivity index (χ4n) is 5.38. The maximum Gasteiger partial charge on any atom is 0.494 e. The minimum absolute atomic E-state index is 0.262. The Morgan fingerprint density at radius 1 is 0.971 bits per heavy atom. The molecule has 1 N–H and O–H groups in total. The first kappa shape index (κ1) is 26.4. The Labute approximate surface area is 211 Å². The molecule has 2 aromatic carbocycles. The van der Waals surface area contributed by atoms with Crippen LogP contribution in [0.3, 0.4) is 0 Å². The van der Waals surface area contributed by atoms with Crippen LogP contribution in [0.4, 0.5) is 0 Å². The lowest BCUT2D eigenvalue weighted by molar-refractivity contribution is -0.179. The van der Waals surface area contributed by atoms with E-state index in [1.807, 2.05) is 32.0 Å². The topological polar surface area (TPSA) is 51.2 Å². The van der Waals surface area contributed by atoms with Crippen molar-refractivity contribution in [3.8, 4) is 0 Å². The van der Waals surface area contributed by atoms with Crippen molar-refractivity contribution in [3.63, 3.8) is 0 Å². The van der Waals surface area contributed by atoms with Crippen molar-refractivity contribution in [1.29, 1.82) is 0 Å². The van der Waals surface area contributed by atoms with Gasteiger partial charge in [-0.2, -0.15) is 0 Å². The molecule has 0 amide bonds. The molecule has 0 spiro atoms. The van der Waals surface area contributed by atoms with E-state index in [0.29, 0.717) is 13.2 Å². The molecule has 2 heterocycles. The fraction of sp³-hybridized carbons (Fsp3) is 0.586. The Morgan fingerprint density at radius 2 is 1.57 bits per heavy atom. The maximum atomic E-state index is 10.7. The standard InChI is InChI=1S/C29H42BNO4/c1-8-25(22-14-16-24(17-15-22)30-34-27(4,5)28(6,7)35-30)31-19-18-29(33-21-31,20-26(2,3)32)23-12-10-9-11-13-23/h9-17,25,32H,8,18-21H2,1-7H3/t25-,29-/m0/s1. The van der Waals surface area contributed by atoms with E-state index in [1.165, 1.54) is 5.56 Å². The lowest BCUT2D eigenvalue weighted by Crippen LogP contribution is -2.49. The second-order valence-electron chi connectivity index (χ2n) is 11.9. The maximum absolute atomic E-state index is 10.7. The third kappa shape index (κ3) is 5.52. The van der Waals surface area contributed by atoms with Gasteiger partial charge in [0.2, 0.25) is 0 Å². The molecular weight excluding hydrogens is 437 g/mol. The number of ether oxygens (including phenoxy) is 1. The second kappa shape index (κ2) is 9.64. The van der Waals surface area contributed by atoms with Crippen LogP contribution >= 0.6 is 0 Å². The Kier molecular flexibility index (Phi) is 7.26. The zero-order chi connectivity index (χ0) is 25.5. The second-order valence-corrected chi connectivity index (χ2v) is 11.9. The van der Waals surface area contributed by atoms with Gasteiger partial charge in [-0.05, 0) is 71.0 Å². The monoisotopic (exact) mass is 479 g/mol. The summed E-state index contributed by atoms with van der Waals surface area (Å²) in [7, 11) is -0.347. The number of rotatable bonds is 7. The first-order valence-electron chi connectivity index (χ1n) is 13.0. The molecule has 2 fully saturated rings. The van der Waals surface area contributed by atoms with Gasteiger partial charge in [0.25, 0.3) is 0 Å². The third-order valence-electron chi connectivity index (χ3n) is 8.00. The number of hydrogen-bond donors (Lipinski definition) is 1. The third-order valence-corrected chi connectivity index (χ3v) is 8.00. The molecule has 2 aliphatic heterocycles. The molecule has 0 aromatic heterocycles. The minimum Gasteiger partial charge on any atom is -0.399 e. The van der Waals surface area contributed by atoms with E-state index < -0.39 is 11.2 Å². The molecule has 0 bridgehead atoms. The van der Waals surface area contributed by atoms with Crippen molar-refractivity contribution in [3.05, 3.63) is 65.7 Å². The van der Waals surface area contributed by atoms with Crippen LogP contribution in [0.25, 0.3) is 0 Å². The predicted octanol–water partition coefficient (Wildman–Crippen LogP) is 5.17. The Morgan fingerprint density at radius 3 is 2.06 bits per heavy atom. The molecular formula is C29H42BNO4. The molecule has 0 aliphatic carbocycles. The summed E-state index contributed by atoms with van der Waals surface area (Å²) in [6, 6.07) is 19.3. The van der Waals surface area contributed by atoms with E-state index in [2.05, 4.69) is 75.9 Å². The Bertz CT molecular complexity index is 960. The summed E-state index contributed by atoms with van der Waals surface area (Å²) in [6.07, 6.45) is 2.39. The lowest BCUT2D eigenvalue weighted by atomic mass is 9.78. The molecule has 0 saturated carbocycles. The molecule has 2 aliphatic rings. The van der Waals surface area contributed by atoms with Gasteiger partial charge in [0.1, 0.15) is 6.73 Å². The Balaban J connectivity index is 1.48. The zero-order valence-corrected chi connectivity index (χ0v) is 22.5. The van der Waals surface area contributed by atoms with Crippen LogP contribution in [0, 0.1) is 0 Å². The number of nitrogens with zero attached hydrogens (tertiary/aromatic N) is 1. The molecule has 35 heavy (non-hydrogen) atoms. The van der Waals surface area contributed by atoms with Gasteiger partial charge in [-0.25, -0.2) is 0 Å². The molecule has 4 rings (SSSR count). The van der Waals surface area contributed by atoms with Gasteiger partial charge in [0.05, 0.1) is 22.4 Å². The van der Waals surface area contributed by atoms with Crippen LogP contribution in [0.1, 0.15) is 84.9 Å². The summed E-state index contributed by atoms with van der Waals surface area (Å²) in [5.41, 5.74) is 1.47. The molecule has 5 nitrogen and oxygen atoms in total. The van der Waals surface area contributed by atoms with Gasteiger partial charge >= 0.3 is 7.12 Å². The zero-order valence-electron chi connectivity index (χ0n) is 22.5. The molecule has 190 valence electrons. The molecule has 0 radical (unpaired) electrons. The lowest BCUT2D eigenvalue weighted by Gasteiger charge is -2.46. The SMILES string of the molecule is CC[C@@H](c1ccc(B2OC(C)(C)C(C)(C)O2)cc1)N1CC[C@](CC(C)(C)O)(c2ccccc2)OC1. The van der Waals surface area contributed by atoms with Crippen molar-refractivity contribution in [2.45, 2.75) is 96.2 Å². The quantitative estimate of drug-likeness (QED) is 0.555. The van der Waals surface area contributed by atoms with Crippen LogP contribution < -0.4 is 5.46 Å². The van der Waals surface area contributed by atoms with Crippen molar-refractivity contribution < 1.29 is 19.2 Å². The predicted molar refractivity (Wildman–Crippen MR) is 141 cm³/mol. The van der Waals surface area contributed by atoms with E-state index in [0.717, 1.165) is 30.4 Å². The van der Waals surface area contributed by atoms with Crippen LogP contribution in [0.5, 0.6) is 0 Å². The summed E-state index contributed by atoms with van der Waals surface area (Å²) >= 11 is 0. The van der Waals surface area contributed by atoms with Gasteiger partial charge in [0.15, 0.2) is 0 Å². The van der Waals surface area contributed by atoms with Crippen LogP contribution in [0.15, 0.2) is 54.6 Å². The van der Waals surface area contributed by atoms with Crippen molar-refractivity contribution >= 4 is 12.6 Å². The van der Waals surface area contributed by atoms with Crippen molar-refractivity contribution in [2.75, 3.05) is 13.3 Å². The number of aliphatic hydroxyl groups is 1. The highest BCUT2D eigenvalue weighted by molar-refractivity contribution is 6.62. The summed E-state index contributed by atoms with van der Waals surface area (Å²) in [5.74, 6) is 0. The van der Waals surface area contributed by atoms with Gasteiger partial charge in [-0.3, -0.25) is 4.90 Å². The molecule has 2 aromatic rings. The normalized spacial score (nSPS) is 25.5. The van der Waals surface area contributed by atoms with E-state index in [-0.39, 0.29) is 24.4 Å². The Hall–Kier alpha value is -1.70. The average Bonchev–Trinajstić information content (AvgIpc) is 3.02. The van der Waals surface area contributed by atoms with Crippen LogP contribution in [-0.4, -0.2) is 47.2 Å². The van der Waals surface area contributed by atoms with Crippen LogP contribution in [0.2, 0.25) is 0 Å². The summed E-state index contributed by atoms with van der Waals surface area (Å²) in [6.45, 7) is 15.7. The van der Waals surface area contributed by atoms with E-state index in [4.69, 9.17) is 14.0 Å². The van der Waals surface area contributed by atoms with Crippen molar-refractivity contribution in [1.82, 2.24) is 4.90 Å². The fourth-order valence-corrected chi connectivity index (χ4v) is 5.38. The van der Waals surface area contributed by atoms with Gasteiger partial charge < -0.3 is 19.2 Å². The molecule has 2 atom stereocenters. The summed E-state index contributed by atoms with van der Waals surface area (Å²) in [5, 5.41) is 10.7. The van der Waals surface area contributed by atoms with Gasteiger partial charge in [-0.1, -0.05) is 61.5 Å². The van der Waals surface area contributed by atoms with E-state index >= 15 is 0 Å². The average molecular weight is 479 g/mol. The van der Waals surface area contributed by atoms with E-state index in [9.17, 15) is 5.11 Å². The molecule has 6 heteroatoms. The van der Waals surface area contributed by atoms with Crippen molar-refractivity contribution in [2.24, 2.45) is 0 Å². The highest BCUT2D eigenvalue weighted by Crippen LogP contribution is 2.42. The molecule has 0 unspecified atom stereocenters. The first-order valence-corrected chi connectivity index (χ1v) is 13.0. The highest BCUT2D eigenvalue weighted by atomic mass is 16.7. The number of benzene rings is 2. The highest BCUT2D eigenvalue weighted by Gasteiger charge is 2.51.